The van der Waals surface area contributed by atoms with E-state index in [2.05, 4.69) is 6.58 Å². The molecule has 0 fully saturated rings. The third kappa shape index (κ3) is 2.19. The molecular formula is C17H14ClF. The number of fused-ring (bicyclic) bond motifs is 1. The Hall–Kier alpha value is -1.60. The highest BCUT2D eigenvalue weighted by molar-refractivity contribution is 6.30. The van der Waals surface area contributed by atoms with E-state index in [-0.39, 0.29) is 0 Å². The molecule has 0 aromatic heterocycles. The van der Waals surface area contributed by atoms with Crippen LogP contribution in [0, 0.1) is 0 Å². The lowest BCUT2D eigenvalue weighted by Gasteiger charge is -2.21. The molecule has 0 saturated heterocycles. The Morgan fingerprint density at radius 2 is 1.79 bits per heavy atom. The molecule has 0 heterocycles. The summed E-state index contributed by atoms with van der Waals surface area (Å²) in [5.41, 5.74) is 2.17. The highest BCUT2D eigenvalue weighted by Crippen LogP contribution is 2.43. The molecule has 0 amide bonds. The first-order valence-corrected chi connectivity index (χ1v) is 6.67. The summed E-state index contributed by atoms with van der Waals surface area (Å²) in [6.07, 6.45) is 0.752. The van der Waals surface area contributed by atoms with Crippen LogP contribution in [0.2, 0.25) is 5.02 Å². The lowest BCUT2D eigenvalue weighted by molar-refractivity contribution is 0.250. The summed E-state index contributed by atoms with van der Waals surface area (Å²) in [6.45, 7) is 3.96. The van der Waals surface area contributed by atoms with Crippen LogP contribution in [-0.4, -0.2) is 5.67 Å². The van der Waals surface area contributed by atoms with E-state index in [9.17, 15) is 0 Å². The van der Waals surface area contributed by atoms with Gasteiger partial charge in [-0.05, 0) is 34.4 Å². The van der Waals surface area contributed by atoms with E-state index in [0.29, 0.717) is 23.4 Å². The topological polar surface area (TPSA) is 0 Å². The number of rotatable bonds is 2. The fourth-order valence-electron chi connectivity index (χ4n) is 2.71. The predicted octanol–water partition coefficient (Wildman–Crippen LogP) is 4.86. The summed E-state index contributed by atoms with van der Waals surface area (Å²) in [7, 11) is 0. The van der Waals surface area contributed by atoms with E-state index in [0.717, 1.165) is 16.7 Å². The van der Waals surface area contributed by atoms with E-state index in [1.807, 2.05) is 36.4 Å². The monoisotopic (exact) mass is 272 g/mol. The Labute approximate surface area is 117 Å². The van der Waals surface area contributed by atoms with Crippen molar-refractivity contribution in [2.45, 2.75) is 18.5 Å². The molecule has 1 unspecified atom stereocenters. The summed E-state index contributed by atoms with van der Waals surface area (Å²) in [6, 6.07) is 15.1. The molecule has 3 rings (SSSR count). The molecule has 0 nitrogen and oxygen atoms in total. The zero-order valence-electron chi connectivity index (χ0n) is 10.5. The maximum atomic E-state index is 15.2. The van der Waals surface area contributed by atoms with E-state index in [1.54, 1.807) is 12.1 Å². The number of hydrogen-bond donors (Lipinski definition) is 0. The lowest BCUT2D eigenvalue weighted by Crippen LogP contribution is -2.25. The van der Waals surface area contributed by atoms with Gasteiger partial charge in [0.15, 0.2) is 0 Å². The van der Waals surface area contributed by atoms with Crippen LogP contribution in [0.15, 0.2) is 55.1 Å². The normalized spacial score (nSPS) is 21.5. The zero-order valence-corrected chi connectivity index (χ0v) is 11.3. The predicted molar refractivity (Wildman–Crippen MR) is 78.2 cm³/mol. The standard InChI is InChI=1S/C17H14ClF/c1-12-16-5-3-2-4-14(16)11-17(12,19)10-13-6-8-15(18)9-7-13/h2-9H,1,10-11H2. The van der Waals surface area contributed by atoms with Crippen molar-refractivity contribution in [3.63, 3.8) is 0 Å². The summed E-state index contributed by atoms with van der Waals surface area (Å²) < 4.78 is 15.2. The third-order valence-corrected chi connectivity index (χ3v) is 4.00. The van der Waals surface area contributed by atoms with Crippen molar-refractivity contribution in [2.75, 3.05) is 0 Å². The highest BCUT2D eigenvalue weighted by atomic mass is 35.5. The Kier molecular flexibility index (Phi) is 2.94. The molecule has 96 valence electrons. The van der Waals surface area contributed by atoms with Crippen LogP contribution in [0.1, 0.15) is 16.7 Å². The molecule has 0 radical (unpaired) electrons. The van der Waals surface area contributed by atoms with Crippen molar-refractivity contribution in [2.24, 2.45) is 0 Å². The first-order valence-electron chi connectivity index (χ1n) is 6.29. The van der Waals surface area contributed by atoms with Gasteiger partial charge in [0, 0.05) is 17.9 Å². The molecule has 2 aromatic carbocycles. The maximum Gasteiger partial charge on any atom is 0.144 e. The van der Waals surface area contributed by atoms with Crippen LogP contribution in [0.3, 0.4) is 0 Å². The first kappa shape index (κ1) is 12.4. The Morgan fingerprint density at radius 3 is 2.47 bits per heavy atom. The average Bonchev–Trinajstić information content (AvgIpc) is 2.65. The molecule has 1 aliphatic carbocycles. The minimum Gasteiger partial charge on any atom is -0.238 e. The van der Waals surface area contributed by atoms with Crippen LogP contribution in [0.25, 0.3) is 5.57 Å². The zero-order chi connectivity index (χ0) is 13.5. The van der Waals surface area contributed by atoms with Crippen molar-refractivity contribution in [3.05, 3.63) is 76.8 Å². The van der Waals surface area contributed by atoms with Crippen LogP contribution in [-0.2, 0) is 12.8 Å². The van der Waals surface area contributed by atoms with Gasteiger partial charge in [0.1, 0.15) is 5.67 Å². The van der Waals surface area contributed by atoms with Crippen molar-refractivity contribution in [3.8, 4) is 0 Å². The molecule has 0 N–H and O–H groups in total. The molecule has 1 aliphatic rings. The molecule has 2 aromatic rings. The van der Waals surface area contributed by atoms with E-state index < -0.39 is 5.67 Å². The van der Waals surface area contributed by atoms with Crippen LogP contribution in [0.4, 0.5) is 4.39 Å². The van der Waals surface area contributed by atoms with Crippen LogP contribution in [0.5, 0.6) is 0 Å². The van der Waals surface area contributed by atoms with Gasteiger partial charge >= 0.3 is 0 Å². The Bertz CT molecular complexity index is 630. The first-order chi connectivity index (χ1) is 9.08. The Balaban J connectivity index is 1.90. The van der Waals surface area contributed by atoms with Gasteiger partial charge < -0.3 is 0 Å². The number of hydrogen-bond acceptors (Lipinski definition) is 0. The van der Waals surface area contributed by atoms with Crippen molar-refractivity contribution >= 4 is 17.2 Å². The van der Waals surface area contributed by atoms with Crippen molar-refractivity contribution < 1.29 is 4.39 Å². The minimum atomic E-state index is -1.38. The van der Waals surface area contributed by atoms with Gasteiger partial charge in [-0.3, -0.25) is 0 Å². The Morgan fingerprint density at radius 1 is 1.11 bits per heavy atom. The second-order valence-corrected chi connectivity index (χ2v) is 5.52. The van der Waals surface area contributed by atoms with Crippen molar-refractivity contribution in [1.29, 1.82) is 0 Å². The quantitative estimate of drug-likeness (QED) is 0.732. The summed E-state index contributed by atoms with van der Waals surface area (Å²) in [5, 5.41) is 0.671. The van der Waals surface area contributed by atoms with Gasteiger partial charge in [-0.15, -0.1) is 0 Å². The molecule has 0 aliphatic heterocycles. The highest BCUT2D eigenvalue weighted by Gasteiger charge is 2.40. The fraction of sp³-hybridized carbons (Fsp3) is 0.176. The molecule has 0 spiro atoms. The van der Waals surface area contributed by atoms with Gasteiger partial charge in [0.05, 0.1) is 0 Å². The molecular weight excluding hydrogens is 259 g/mol. The summed E-state index contributed by atoms with van der Waals surface area (Å²) in [4.78, 5) is 0. The average molecular weight is 273 g/mol. The van der Waals surface area contributed by atoms with E-state index in [1.165, 1.54) is 0 Å². The van der Waals surface area contributed by atoms with Gasteiger partial charge in [-0.25, -0.2) is 4.39 Å². The molecule has 19 heavy (non-hydrogen) atoms. The molecule has 0 bridgehead atoms. The number of alkyl halides is 1. The SMILES string of the molecule is C=C1c2ccccc2CC1(F)Cc1ccc(Cl)cc1. The van der Waals surface area contributed by atoms with Gasteiger partial charge in [-0.1, -0.05) is 54.6 Å². The minimum absolute atomic E-state index is 0.345. The molecule has 1 atom stereocenters. The van der Waals surface area contributed by atoms with Crippen molar-refractivity contribution in [1.82, 2.24) is 0 Å². The molecule has 2 heteroatoms. The third-order valence-electron chi connectivity index (χ3n) is 3.75. The number of allylic oxidation sites excluding steroid dienone is 1. The largest absolute Gasteiger partial charge is 0.238 e. The maximum absolute atomic E-state index is 15.2. The lowest BCUT2D eigenvalue weighted by atomic mass is 9.90. The van der Waals surface area contributed by atoms with Crippen LogP contribution >= 0.6 is 11.6 Å². The second kappa shape index (κ2) is 4.50. The number of halogens is 2. The summed E-state index contributed by atoms with van der Waals surface area (Å²) in [5.74, 6) is 0. The fourth-order valence-corrected chi connectivity index (χ4v) is 2.84. The van der Waals surface area contributed by atoms with Crippen LogP contribution < -0.4 is 0 Å². The van der Waals surface area contributed by atoms with Gasteiger partial charge in [0.2, 0.25) is 0 Å². The van der Waals surface area contributed by atoms with Gasteiger partial charge in [-0.2, -0.15) is 0 Å². The number of benzene rings is 2. The van der Waals surface area contributed by atoms with E-state index >= 15 is 4.39 Å². The van der Waals surface area contributed by atoms with E-state index in [4.69, 9.17) is 11.6 Å². The summed E-state index contributed by atoms with van der Waals surface area (Å²) >= 11 is 5.85. The smallest absolute Gasteiger partial charge is 0.144 e. The molecule has 0 saturated carbocycles. The second-order valence-electron chi connectivity index (χ2n) is 5.08. The van der Waals surface area contributed by atoms with Gasteiger partial charge in [0.25, 0.3) is 0 Å².